The molecule has 0 amide bonds. The monoisotopic (exact) mass is 326 g/mol. The summed E-state index contributed by atoms with van der Waals surface area (Å²) < 4.78 is 10.8. The highest BCUT2D eigenvalue weighted by molar-refractivity contribution is 5.85. The molecular formula is C17H27ClN2O2. The first kappa shape index (κ1) is 17.4. The zero-order valence-electron chi connectivity index (χ0n) is 13.6. The normalized spacial score (nSPS) is 21.6. The molecule has 2 aliphatic rings. The summed E-state index contributed by atoms with van der Waals surface area (Å²) in [6.07, 6.45) is 3.79. The number of rotatable bonds is 4. The van der Waals surface area contributed by atoms with Crippen molar-refractivity contribution in [3.05, 3.63) is 23.3 Å². The second-order valence-corrected chi connectivity index (χ2v) is 6.17. The lowest BCUT2D eigenvalue weighted by molar-refractivity contribution is 0.193. The van der Waals surface area contributed by atoms with Gasteiger partial charge in [0.15, 0.2) is 11.5 Å². The Hall–Kier alpha value is -0.970. The molecule has 0 aliphatic carbocycles. The van der Waals surface area contributed by atoms with Gasteiger partial charge < -0.3 is 14.8 Å². The third kappa shape index (κ3) is 3.86. The lowest BCUT2D eigenvalue weighted by Crippen LogP contribution is -2.40. The first-order valence-corrected chi connectivity index (χ1v) is 7.97. The van der Waals surface area contributed by atoms with Crippen LogP contribution in [0.1, 0.15) is 24.0 Å². The highest BCUT2D eigenvalue weighted by atomic mass is 35.5. The Bertz CT molecular complexity index is 490. The third-order valence-electron chi connectivity index (χ3n) is 4.71. The van der Waals surface area contributed by atoms with E-state index in [9.17, 15) is 0 Å². The fraction of sp³-hybridized carbons (Fsp3) is 0.647. The van der Waals surface area contributed by atoms with Gasteiger partial charge in [-0.1, -0.05) is 0 Å². The van der Waals surface area contributed by atoms with E-state index in [4.69, 9.17) is 9.47 Å². The molecule has 5 heteroatoms. The number of nitrogens with one attached hydrogen (secondary N) is 1. The molecule has 1 fully saturated rings. The van der Waals surface area contributed by atoms with Gasteiger partial charge in [-0.2, -0.15) is 0 Å². The maximum atomic E-state index is 5.43. The van der Waals surface area contributed by atoms with Gasteiger partial charge in [0.05, 0.1) is 14.2 Å². The SMILES string of the molecule is COc1cc2c(cc1OC)CN(CC1CCCNC1)CC2.Cl. The Morgan fingerprint density at radius 1 is 1.18 bits per heavy atom. The number of fused-ring (bicyclic) bond motifs is 1. The Morgan fingerprint density at radius 2 is 1.91 bits per heavy atom. The van der Waals surface area contributed by atoms with Gasteiger partial charge in [0.2, 0.25) is 0 Å². The van der Waals surface area contributed by atoms with E-state index in [1.54, 1.807) is 14.2 Å². The summed E-state index contributed by atoms with van der Waals surface area (Å²) in [5.74, 6) is 2.50. The van der Waals surface area contributed by atoms with E-state index in [-0.39, 0.29) is 12.4 Å². The Balaban J connectivity index is 0.00000176. The fourth-order valence-corrected chi connectivity index (χ4v) is 3.54. The van der Waals surface area contributed by atoms with Crippen molar-refractivity contribution in [1.29, 1.82) is 0 Å². The lowest BCUT2D eigenvalue weighted by Gasteiger charge is -2.33. The van der Waals surface area contributed by atoms with Gasteiger partial charge >= 0.3 is 0 Å². The fourth-order valence-electron chi connectivity index (χ4n) is 3.54. The van der Waals surface area contributed by atoms with E-state index >= 15 is 0 Å². The minimum Gasteiger partial charge on any atom is -0.493 e. The number of halogens is 1. The molecule has 2 aliphatic heterocycles. The summed E-state index contributed by atoms with van der Waals surface area (Å²) in [6, 6.07) is 4.30. The van der Waals surface area contributed by atoms with Gasteiger partial charge in [-0.05, 0) is 61.5 Å². The van der Waals surface area contributed by atoms with Crippen LogP contribution in [0.25, 0.3) is 0 Å². The molecule has 0 aromatic heterocycles. The van der Waals surface area contributed by atoms with Crippen LogP contribution in [0, 0.1) is 5.92 Å². The van der Waals surface area contributed by atoms with Crippen molar-refractivity contribution >= 4 is 12.4 Å². The molecule has 1 atom stereocenters. The van der Waals surface area contributed by atoms with E-state index in [0.717, 1.165) is 36.9 Å². The number of nitrogens with zero attached hydrogens (tertiary/aromatic N) is 1. The van der Waals surface area contributed by atoms with Gasteiger partial charge in [-0.15, -0.1) is 12.4 Å². The van der Waals surface area contributed by atoms with Crippen LogP contribution < -0.4 is 14.8 Å². The zero-order valence-corrected chi connectivity index (χ0v) is 14.4. The first-order chi connectivity index (χ1) is 10.3. The number of hydrogen-bond acceptors (Lipinski definition) is 4. The smallest absolute Gasteiger partial charge is 0.161 e. The second kappa shape index (κ2) is 8.04. The number of benzene rings is 1. The highest BCUT2D eigenvalue weighted by Gasteiger charge is 2.22. The van der Waals surface area contributed by atoms with Gasteiger partial charge in [0, 0.05) is 19.6 Å². The molecule has 0 saturated carbocycles. The van der Waals surface area contributed by atoms with Gasteiger partial charge in [-0.25, -0.2) is 0 Å². The van der Waals surface area contributed by atoms with Crippen molar-refractivity contribution in [2.24, 2.45) is 5.92 Å². The molecule has 124 valence electrons. The Morgan fingerprint density at radius 3 is 2.55 bits per heavy atom. The molecule has 1 saturated heterocycles. The van der Waals surface area contributed by atoms with Crippen LogP contribution in [0.4, 0.5) is 0 Å². The minimum absolute atomic E-state index is 0. The van der Waals surface area contributed by atoms with Crippen LogP contribution in [-0.2, 0) is 13.0 Å². The molecule has 22 heavy (non-hydrogen) atoms. The molecule has 1 aromatic rings. The number of methoxy groups -OCH3 is 2. The topological polar surface area (TPSA) is 33.7 Å². The minimum atomic E-state index is 0. The van der Waals surface area contributed by atoms with Crippen LogP contribution in [0.15, 0.2) is 12.1 Å². The molecule has 4 nitrogen and oxygen atoms in total. The summed E-state index contributed by atoms with van der Waals surface area (Å²) >= 11 is 0. The average Bonchev–Trinajstić information content (AvgIpc) is 2.54. The van der Waals surface area contributed by atoms with Crippen molar-refractivity contribution in [2.45, 2.75) is 25.8 Å². The second-order valence-electron chi connectivity index (χ2n) is 6.17. The van der Waals surface area contributed by atoms with Crippen LogP contribution in [0.3, 0.4) is 0 Å². The van der Waals surface area contributed by atoms with Gasteiger partial charge in [-0.3, -0.25) is 4.90 Å². The van der Waals surface area contributed by atoms with Crippen LogP contribution in [0.2, 0.25) is 0 Å². The standard InChI is InChI=1S/C17H26N2O2.ClH/c1-20-16-8-14-5-7-19(11-13-4-3-6-18-10-13)12-15(14)9-17(16)21-2;/h8-9,13,18H,3-7,10-12H2,1-2H3;1H. The number of ether oxygens (including phenoxy) is 2. The van der Waals surface area contributed by atoms with E-state index in [1.807, 2.05) is 0 Å². The van der Waals surface area contributed by atoms with Crippen molar-refractivity contribution in [2.75, 3.05) is 40.4 Å². The largest absolute Gasteiger partial charge is 0.493 e. The Labute approximate surface area is 139 Å². The summed E-state index contributed by atoms with van der Waals surface area (Å²) in [7, 11) is 3.41. The summed E-state index contributed by atoms with van der Waals surface area (Å²) in [4.78, 5) is 2.59. The molecule has 0 radical (unpaired) electrons. The summed E-state index contributed by atoms with van der Waals surface area (Å²) in [5.41, 5.74) is 2.80. The quantitative estimate of drug-likeness (QED) is 0.921. The van der Waals surface area contributed by atoms with E-state index in [0.29, 0.717) is 0 Å². The molecule has 1 unspecified atom stereocenters. The highest BCUT2D eigenvalue weighted by Crippen LogP contribution is 2.33. The van der Waals surface area contributed by atoms with E-state index < -0.39 is 0 Å². The van der Waals surface area contributed by atoms with Crippen molar-refractivity contribution in [3.8, 4) is 11.5 Å². The average molecular weight is 327 g/mol. The predicted molar refractivity (Wildman–Crippen MR) is 91.4 cm³/mol. The van der Waals surface area contributed by atoms with Crippen molar-refractivity contribution < 1.29 is 9.47 Å². The zero-order chi connectivity index (χ0) is 14.7. The molecule has 3 rings (SSSR count). The molecule has 1 N–H and O–H groups in total. The maximum Gasteiger partial charge on any atom is 0.161 e. The Kier molecular flexibility index (Phi) is 6.36. The number of piperidine rings is 1. The molecule has 0 bridgehead atoms. The summed E-state index contributed by atoms with van der Waals surface area (Å²) in [5, 5.41) is 3.51. The lowest BCUT2D eigenvalue weighted by atomic mass is 9.95. The third-order valence-corrected chi connectivity index (χ3v) is 4.71. The van der Waals surface area contributed by atoms with Crippen LogP contribution >= 0.6 is 12.4 Å². The van der Waals surface area contributed by atoms with E-state index in [2.05, 4.69) is 22.3 Å². The van der Waals surface area contributed by atoms with E-state index in [1.165, 1.54) is 43.6 Å². The van der Waals surface area contributed by atoms with Crippen LogP contribution in [0.5, 0.6) is 11.5 Å². The maximum absolute atomic E-state index is 5.43. The first-order valence-electron chi connectivity index (χ1n) is 7.97. The molecule has 2 heterocycles. The van der Waals surface area contributed by atoms with Crippen molar-refractivity contribution in [3.63, 3.8) is 0 Å². The predicted octanol–water partition coefficient (Wildman–Crippen LogP) is 2.48. The summed E-state index contributed by atoms with van der Waals surface area (Å²) in [6.45, 7) is 5.76. The van der Waals surface area contributed by atoms with Crippen molar-refractivity contribution in [1.82, 2.24) is 10.2 Å². The molecule has 0 spiro atoms. The van der Waals surface area contributed by atoms with Gasteiger partial charge in [0.1, 0.15) is 0 Å². The number of hydrogen-bond donors (Lipinski definition) is 1. The van der Waals surface area contributed by atoms with Gasteiger partial charge in [0.25, 0.3) is 0 Å². The molecule has 1 aromatic carbocycles. The van der Waals surface area contributed by atoms with Crippen LogP contribution in [-0.4, -0.2) is 45.3 Å². The molecular weight excluding hydrogens is 300 g/mol.